The third-order valence-corrected chi connectivity index (χ3v) is 11.4. The van der Waals surface area contributed by atoms with Crippen LogP contribution in [-0.2, 0) is 14.3 Å². The fraction of sp³-hybridized carbons (Fsp3) is 0.714. The Morgan fingerprint density at radius 2 is 0.903 bits per heavy atom. The molecule has 0 aromatic carbocycles. The van der Waals surface area contributed by atoms with E-state index in [9.17, 15) is 19.8 Å². The molecule has 6 nitrogen and oxygen atoms in total. The van der Waals surface area contributed by atoms with Gasteiger partial charge >= 0.3 is 5.97 Å². The maximum atomic E-state index is 13.2. The Balaban J connectivity index is 4.65. The molecular weight excluding hydrogens is 767 g/mol. The number of hydrogen-bond donors (Lipinski definition) is 3. The average Bonchev–Trinajstić information content (AvgIpc) is 3.26. The number of aliphatic hydroxyl groups excluding tert-OH is 2. The van der Waals surface area contributed by atoms with Crippen LogP contribution in [0.4, 0.5) is 0 Å². The first-order valence-corrected chi connectivity index (χ1v) is 25.9. The van der Waals surface area contributed by atoms with E-state index in [1.54, 1.807) is 0 Å². The second-order valence-corrected chi connectivity index (χ2v) is 17.4. The highest BCUT2D eigenvalue weighted by atomic mass is 16.5. The molecule has 0 fully saturated rings. The van der Waals surface area contributed by atoms with Crippen LogP contribution >= 0.6 is 0 Å². The molecule has 0 aliphatic rings. The summed E-state index contributed by atoms with van der Waals surface area (Å²) in [5, 5.41) is 23.7. The van der Waals surface area contributed by atoms with Crippen molar-refractivity contribution in [1.82, 2.24) is 5.32 Å². The topological polar surface area (TPSA) is 95.9 Å². The van der Waals surface area contributed by atoms with Gasteiger partial charge in [0.2, 0.25) is 5.91 Å². The largest absolute Gasteiger partial charge is 0.461 e. The Hall–Kier alpha value is -2.96. The van der Waals surface area contributed by atoms with Crippen LogP contribution in [0.2, 0.25) is 0 Å². The van der Waals surface area contributed by atoms with E-state index in [0.29, 0.717) is 19.3 Å². The number of amides is 1. The number of carbonyl (C=O) groups is 2. The van der Waals surface area contributed by atoms with Crippen LogP contribution in [0.25, 0.3) is 0 Å². The summed E-state index contributed by atoms with van der Waals surface area (Å²) in [6, 6.07) is -0.746. The average molecular weight is 864 g/mol. The smallest absolute Gasteiger partial charge is 0.306 e. The summed E-state index contributed by atoms with van der Waals surface area (Å²) in [7, 11) is 0. The summed E-state index contributed by atoms with van der Waals surface area (Å²) >= 11 is 0. The van der Waals surface area contributed by atoms with Crippen molar-refractivity contribution in [3.05, 3.63) is 85.1 Å². The first-order chi connectivity index (χ1) is 30.5. The molecule has 0 saturated heterocycles. The Morgan fingerprint density at radius 3 is 1.37 bits per heavy atom. The van der Waals surface area contributed by atoms with Gasteiger partial charge in [0.1, 0.15) is 6.10 Å². The summed E-state index contributed by atoms with van der Waals surface area (Å²) in [6.07, 6.45) is 63.8. The van der Waals surface area contributed by atoms with Gasteiger partial charge in [-0.15, -0.1) is 0 Å². The third-order valence-electron chi connectivity index (χ3n) is 11.4. The van der Waals surface area contributed by atoms with Gasteiger partial charge in [0.15, 0.2) is 0 Å². The molecule has 0 aromatic rings. The van der Waals surface area contributed by atoms with Crippen molar-refractivity contribution in [1.29, 1.82) is 0 Å². The van der Waals surface area contributed by atoms with Gasteiger partial charge in [0.05, 0.1) is 25.2 Å². The second-order valence-electron chi connectivity index (χ2n) is 17.4. The van der Waals surface area contributed by atoms with Crippen LogP contribution in [-0.4, -0.2) is 46.9 Å². The number of esters is 1. The first kappa shape index (κ1) is 59.0. The zero-order chi connectivity index (χ0) is 45.2. The number of nitrogens with one attached hydrogen (secondary N) is 1. The molecule has 0 heterocycles. The zero-order valence-electron chi connectivity index (χ0n) is 40.5. The number of allylic oxidation sites excluding steroid dienone is 13. The van der Waals surface area contributed by atoms with Crippen LogP contribution in [0.3, 0.4) is 0 Å². The summed E-state index contributed by atoms with van der Waals surface area (Å²) in [5.74, 6) is -0.628. The van der Waals surface area contributed by atoms with E-state index >= 15 is 0 Å². The van der Waals surface area contributed by atoms with E-state index in [1.165, 1.54) is 122 Å². The molecule has 62 heavy (non-hydrogen) atoms. The minimum absolute atomic E-state index is 0.0281. The van der Waals surface area contributed by atoms with Gasteiger partial charge in [-0.25, -0.2) is 0 Å². The predicted octanol–water partition coefficient (Wildman–Crippen LogP) is 15.6. The van der Waals surface area contributed by atoms with Crippen molar-refractivity contribution in [2.75, 3.05) is 6.61 Å². The minimum atomic E-state index is -0.824. The van der Waals surface area contributed by atoms with E-state index < -0.39 is 18.2 Å². The molecule has 3 N–H and O–H groups in total. The van der Waals surface area contributed by atoms with E-state index in [4.69, 9.17) is 4.74 Å². The van der Waals surface area contributed by atoms with Gasteiger partial charge in [0, 0.05) is 12.8 Å². The number of unbranched alkanes of at least 4 members (excludes halogenated alkanes) is 25. The molecule has 1 amide bonds. The molecule has 0 rings (SSSR count). The molecule has 356 valence electrons. The van der Waals surface area contributed by atoms with Gasteiger partial charge in [-0.1, -0.05) is 254 Å². The number of aliphatic hydroxyl groups is 2. The Morgan fingerprint density at radius 1 is 0.500 bits per heavy atom. The van der Waals surface area contributed by atoms with Crippen LogP contribution in [0.1, 0.15) is 233 Å². The Labute approximate surface area is 383 Å². The predicted molar refractivity (Wildman–Crippen MR) is 268 cm³/mol. The molecule has 0 aliphatic heterocycles. The minimum Gasteiger partial charge on any atom is -0.461 e. The molecule has 0 aliphatic carbocycles. The summed E-state index contributed by atoms with van der Waals surface area (Å²) in [6.45, 7) is 6.29. The lowest BCUT2D eigenvalue weighted by Crippen LogP contribution is -2.46. The molecule has 0 aromatic heterocycles. The van der Waals surface area contributed by atoms with Crippen molar-refractivity contribution >= 4 is 11.9 Å². The van der Waals surface area contributed by atoms with E-state index in [-0.39, 0.29) is 24.9 Å². The van der Waals surface area contributed by atoms with E-state index in [0.717, 1.165) is 64.2 Å². The highest BCUT2D eigenvalue weighted by Gasteiger charge is 2.23. The normalized spacial score (nSPS) is 14.0. The fourth-order valence-corrected chi connectivity index (χ4v) is 7.44. The van der Waals surface area contributed by atoms with Gasteiger partial charge in [-0.05, 0) is 44.9 Å². The van der Waals surface area contributed by atoms with Crippen LogP contribution in [0.15, 0.2) is 85.1 Å². The molecule has 6 heteroatoms. The molecule has 3 unspecified atom stereocenters. The van der Waals surface area contributed by atoms with Crippen molar-refractivity contribution in [3.8, 4) is 0 Å². The highest BCUT2D eigenvalue weighted by molar-refractivity contribution is 5.77. The monoisotopic (exact) mass is 864 g/mol. The van der Waals surface area contributed by atoms with Gasteiger partial charge in [-0.3, -0.25) is 9.59 Å². The number of hydrogen-bond acceptors (Lipinski definition) is 5. The van der Waals surface area contributed by atoms with Crippen molar-refractivity contribution in [3.63, 3.8) is 0 Å². The molecule has 0 spiro atoms. The van der Waals surface area contributed by atoms with Gasteiger partial charge < -0.3 is 20.3 Å². The Bertz CT molecular complexity index is 1200. The maximum absolute atomic E-state index is 13.2. The quantitative estimate of drug-likeness (QED) is 0.0322. The van der Waals surface area contributed by atoms with E-state index in [2.05, 4.69) is 56.5 Å². The summed E-state index contributed by atoms with van der Waals surface area (Å²) in [4.78, 5) is 26.1. The molecule has 0 bridgehead atoms. The van der Waals surface area contributed by atoms with Crippen LogP contribution < -0.4 is 5.32 Å². The highest BCUT2D eigenvalue weighted by Crippen LogP contribution is 2.16. The van der Waals surface area contributed by atoms with Crippen molar-refractivity contribution in [2.24, 2.45) is 0 Å². The van der Waals surface area contributed by atoms with Crippen molar-refractivity contribution in [2.45, 2.75) is 251 Å². The molecule has 3 atom stereocenters. The van der Waals surface area contributed by atoms with Crippen LogP contribution in [0.5, 0.6) is 0 Å². The van der Waals surface area contributed by atoms with Crippen molar-refractivity contribution < 1.29 is 24.5 Å². The van der Waals surface area contributed by atoms with Gasteiger partial charge in [0.25, 0.3) is 0 Å². The Kier molecular flexibility index (Phi) is 46.7. The lowest BCUT2D eigenvalue weighted by atomic mass is 10.0. The number of rotatable bonds is 45. The standard InChI is InChI=1S/C56H97NO5/c1-4-7-10-13-16-19-22-24-26-27-28-29-31-34-37-40-43-46-49-56(61)62-52(47-44-41-38-35-32-21-18-15-12-9-6-3)50-55(60)57-53(51-58)54(59)48-45-42-39-36-33-30-25-23-20-17-14-11-8-5-2/h9,12,15,18,21,26-29,32,35,38,41,44,52-54,58-59H,4-8,10-11,13-14,16-17,19-20,22-25,30-31,33-34,36-37,39-40,42-43,45-51H2,1-3H3,(H,57,60)/b12-9+,18-15+,27-26+,29-28+,32-21-,38-35-,44-41+. The first-order valence-electron chi connectivity index (χ1n) is 25.9. The van der Waals surface area contributed by atoms with E-state index in [1.807, 2.05) is 54.7 Å². The number of ether oxygens (including phenoxy) is 1. The zero-order valence-corrected chi connectivity index (χ0v) is 40.5. The lowest BCUT2D eigenvalue weighted by molar-refractivity contribution is -0.150. The second kappa shape index (κ2) is 49.1. The molecular formula is C56H97NO5. The SMILES string of the molecule is CC/C=C/C=C/C=C\C=C/C=C/CC(CC(=O)NC(CO)C(O)CCCCCCCCCCCCCCCC)OC(=O)CCCCCCC/C=C/C=C/CCCCCCCCC. The maximum Gasteiger partial charge on any atom is 0.306 e. The summed E-state index contributed by atoms with van der Waals surface area (Å²) in [5.41, 5.74) is 0. The molecule has 0 saturated carbocycles. The number of carbonyl (C=O) groups excluding carboxylic acids is 2. The lowest BCUT2D eigenvalue weighted by Gasteiger charge is -2.24. The van der Waals surface area contributed by atoms with Gasteiger partial charge in [-0.2, -0.15) is 0 Å². The third kappa shape index (κ3) is 43.7. The fourth-order valence-electron chi connectivity index (χ4n) is 7.44. The molecule has 0 radical (unpaired) electrons. The van der Waals surface area contributed by atoms with Crippen LogP contribution in [0, 0.1) is 0 Å². The summed E-state index contributed by atoms with van der Waals surface area (Å²) < 4.78 is 5.83.